The van der Waals surface area contributed by atoms with Gasteiger partial charge in [0, 0.05) is 25.4 Å². The van der Waals surface area contributed by atoms with Crippen molar-refractivity contribution in [1.82, 2.24) is 19.9 Å². The maximum absolute atomic E-state index is 14.4. The largest absolute Gasteiger partial charge is 0.352 e. The Morgan fingerprint density at radius 3 is 2.90 bits per heavy atom. The van der Waals surface area contributed by atoms with Crippen molar-refractivity contribution in [1.29, 1.82) is 0 Å². The molecule has 0 radical (unpaired) electrons. The van der Waals surface area contributed by atoms with Gasteiger partial charge in [-0.15, -0.1) is 0 Å². The van der Waals surface area contributed by atoms with Crippen LogP contribution in [0.25, 0.3) is 0 Å². The molecule has 0 spiro atoms. The highest BCUT2D eigenvalue weighted by atomic mass is 19.2. The van der Waals surface area contributed by atoms with Crippen LogP contribution in [0.5, 0.6) is 0 Å². The number of nitrogens with one attached hydrogen (secondary N) is 2. The molecule has 2 N–H and O–H groups in total. The van der Waals surface area contributed by atoms with Gasteiger partial charge in [0.15, 0.2) is 0 Å². The molecule has 2 heterocycles. The molecule has 1 aliphatic carbocycles. The van der Waals surface area contributed by atoms with Gasteiger partial charge >= 0.3 is 0 Å². The number of halogens is 1. The molecule has 2 aliphatic rings. The second kappa shape index (κ2) is 9.41. The topological polar surface area (TPSA) is 92.3 Å². The Balaban J connectivity index is 1.74. The van der Waals surface area contributed by atoms with Crippen molar-refractivity contribution in [2.75, 3.05) is 37.4 Å². The number of ether oxygens (including phenoxy) is 1. The van der Waals surface area contributed by atoms with E-state index in [2.05, 4.69) is 37.4 Å². The zero-order valence-corrected chi connectivity index (χ0v) is 17.2. The van der Waals surface area contributed by atoms with Crippen LogP contribution < -0.4 is 10.6 Å². The molecule has 2 unspecified atom stereocenters. The van der Waals surface area contributed by atoms with Gasteiger partial charge in [-0.3, -0.25) is 9.69 Å². The van der Waals surface area contributed by atoms with Crippen LogP contribution in [0, 0.1) is 0 Å². The van der Waals surface area contributed by atoms with Gasteiger partial charge in [-0.2, -0.15) is 15.0 Å². The molecule has 29 heavy (non-hydrogen) atoms. The minimum atomic E-state index is -1.86. The number of hydrogen-bond acceptors (Lipinski definition) is 8. The molecule has 9 heteroatoms. The average Bonchev–Trinajstić information content (AvgIpc) is 3.13. The van der Waals surface area contributed by atoms with Crippen molar-refractivity contribution in [2.24, 2.45) is 0 Å². The standard InChI is InChI=1S/C20H29FN6O2/c1-4-27-10-6-8-16(27)13-22-18-24-17(11-14(2)28)25-19(26-18)23-15-7-5-9-20(21,12-15)29-3/h5,7,9,16H,4,6,8,10-13H2,1-3H3,(H2,22,23,24,25,26). The smallest absolute Gasteiger partial charge is 0.233 e. The molecule has 0 aromatic carbocycles. The van der Waals surface area contributed by atoms with Gasteiger partial charge in [-0.05, 0) is 45.0 Å². The summed E-state index contributed by atoms with van der Waals surface area (Å²) in [7, 11) is 1.33. The zero-order chi connectivity index (χ0) is 20.9. The SMILES string of the molecule is CCN1CCCC1CNc1nc(CC(C)=O)nc(NC2=CC=CC(F)(OC)C2)n1. The highest BCUT2D eigenvalue weighted by Gasteiger charge is 2.29. The average molecular weight is 404 g/mol. The Labute approximate surface area is 170 Å². The van der Waals surface area contributed by atoms with Crippen molar-refractivity contribution >= 4 is 17.7 Å². The number of likely N-dealkylation sites (tertiary alicyclic amines) is 1. The van der Waals surface area contributed by atoms with E-state index in [1.165, 1.54) is 26.5 Å². The second-order valence-electron chi connectivity index (χ2n) is 7.43. The van der Waals surface area contributed by atoms with E-state index in [0.29, 0.717) is 23.5 Å². The molecular formula is C20H29FN6O2. The molecule has 2 atom stereocenters. The Morgan fingerprint density at radius 1 is 1.38 bits per heavy atom. The van der Waals surface area contributed by atoms with E-state index in [4.69, 9.17) is 4.74 Å². The lowest BCUT2D eigenvalue weighted by Crippen LogP contribution is -2.35. The molecule has 1 aliphatic heterocycles. The number of carbonyl (C=O) groups is 1. The van der Waals surface area contributed by atoms with Crippen LogP contribution in [0.3, 0.4) is 0 Å². The number of anilines is 2. The van der Waals surface area contributed by atoms with Gasteiger partial charge in [0.05, 0.1) is 12.8 Å². The number of ketones is 1. The van der Waals surface area contributed by atoms with Gasteiger partial charge < -0.3 is 15.4 Å². The molecule has 1 saturated heterocycles. The minimum absolute atomic E-state index is 0.0179. The second-order valence-corrected chi connectivity index (χ2v) is 7.43. The predicted octanol–water partition coefficient (Wildman–Crippen LogP) is 2.47. The van der Waals surface area contributed by atoms with E-state index in [1.54, 1.807) is 12.2 Å². The van der Waals surface area contributed by atoms with Gasteiger partial charge in [-0.1, -0.05) is 13.0 Å². The number of hydrogen-bond donors (Lipinski definition) is 2. The van der Waals surface area contributed by atoms with Crippen molar-refractivity contribution in [2.45, 2.75) is 51.4 Å². The van der Waals surface area contributed by atoms with E-state index in [9.17, 15) is 9.18 Å². The van der Waals surface area contributed by atoms with Gasteiger partial charge in [0.2, 0.25) is 17.8 Å². The number of Topliss-reactive ketones (excluding diaryl/α,β-unsaturated/α-hetero) is 1. The lowest BCUT2D eigenvalue weighted by atomic mass is 10.1. The summed E-state index contributed by atoms with van der Waals surface area (Å²) in [6.45, 7) is 6.49. The summed E-state index contributed by atoms with van der Waals surface area (Å²) in [5.74, 6) is -0.839. The fraction of sp³-hybridized carbons (Fsp3) is 0.600. The Kier molecular flexibility index (Phi) is 6.92. The van der Waals surface area contributed by atoms with Gasteiger partial charge in [-0.25, -0.2) is 4.39 Å². The first-order chi connectivity index (χ1) is 13.9. The first-order valence-corrected chi connectivity index (χ1v) is 10.0. The molecule has 1 aromatic heterocycles. The maximum Gasteiger partial charge on any atom is 0.233 e. The Hall–Kier alpha value is -2.39. The fourth-order valence-corrected chi connectivity index (χ4v) is 3.66. The van der Waals surface area contributed by atoms with E-state index < -0.39 is 5.85 Å². The van der Waals surface area contributed by atoms with Crippen LogP contribution >= 0.6 is 0 Å². The van der Waals surface area contributed by atoms with Crippen molar-refractivity contribution in [3.8, 4) is 0 Å². The quantitative estimate of drug-likeness (QED) is 0.649. The van der Waals surface area contributed by atoms with Crippen LogP contribution in [0.4, 0.5) is 16.3 Å². The highest BCUT2D eigenvalue weighted by molar-refractivity contribution is 5.77. The first-order valence-electron chi connectivity index (χ1n) is 10.0. The highest BCUT2D eigenvalue weighted by Crippen LogP contribution is 2.28. The summed E-state index contributed by atoms with van der Waals surface area (Å²) >= 11 is 0. The fourth-order valence-electron chi connectivity index (χ4n) is 3.66. The van der Waals surface area contributed by atoms with E-state index in [-0.39, 0.29) is 24.6 Å². The van der Waals surface area contributed by atoms with E-state index in [0.717, 1.165) is 26.1 Å². The molecule has 8 nitrogen and oxygen atoms in total. The molecule has 1 fully saturated rings. The van der Waals surface area contributed by atoms with Crippen LogP contribution in [0.15, 0.2) is 23.9 Å². The summed E-state index contributed by atoms with van der Waals surface area (Å²) in [5.41, 5.74) is 0.579. The maximum atomic E-state index is 14.4. The number of allylic oxidation sites excluding steroid dienone is 2. The molecule has 0 bridgehead atoms. The summed E-state index contributed by atoms with van der Waals surface area (Å²) < 4.78 is 19.4. The summed E-state index contributed by atoms with van der Waals surface area (Å²) in [6.07, 6.45) is 7.14. The molecule has 158 valence electrons. The molecule has 1 aromatic rings. The summed E-state index contributed by atoms with van der Waals surface area (Å²) in [4.78, 5) is 27.1. The number of rotatable bonds is 9. The Morgan fingerprint density at radius 2 is 2.17 bits per heavy atom. The number of nitrogens with zero attached hydrogens (tertiary/aromatic N) is 4. The number of aromatic nitrogens is 3. The van der Waals surface area contributed by atoms with Gasteiger partial charge in [0.25, 0.3) is 0 Å². The predicted molar refractivity (Wildman–Crippen MR) is 109 cm³/mol. The molecule has 0 saturated carbocycles. The van der Waals surface area contributed by atoms with Crippen molar-refractivity contribution in [3.63, 3.8) is 0 Å². The normalized spacial score (nSPS) is 24.4. The number of carbonyl (C=O) groups excluding carboxylic acids is 1. The zero-order valence-electron chi connectivity index (χ0n) is 17.2. The number of alkyl halides is 1. The van der Waals surface area contributed by atoms with Crippen LogP contribution in [0.1, 0.15) is 38.9 Å². The van der Waals surface area contributed by atoms with Crippen LogP contribution in [-0.4, -0.2) is 64.3 Å². The molecular weight excluding hydrogens is 375 g/mol. The number of methoxy groups -OCH3 is 1. The Bertz CT molecular complexity index is 799. The van der Waals surface area contributed by atoms with E-state index >= 15 is 0 Å². The third-order valence-electron chi connectivity index (χ3n) is 5.18. The van der Waals surface area contributed by atoms with Crippen LogP contribution in [-0.2, 0) is 16.0 Å². The van der Waals surface area contributed by atoms with Gasteiger partial charge in [0.1, 0.15) is 11.6 Å². The lowest BCUT2D eigenvalue weighted by molar-refractivity contribution is -0.116. The van der Waals surface area contributed by atoms with E-state index in [1.807, 2.05) is 0 Å². The third kappa shape index (κ3) is 5.80. The van der Waals surface area contributed by atoms with Crippen LogP contribution in [0.2, 0.25) is 0 Å². The van der Waals surface area contributed by atoms with Crippen molar-refractivity contribution in [3.05, 3.63) is 29.7 Å². The van der Waals surface area contributed by atoms with Crippen molar-refractivity contribution < 1.29 is 13.9 Å². The molecule has 0 amide bonds. The number of likely N-dealkylation sites (N-methyl/N-ethyl adjacent to an activating group) is 1. The monoisotopic (exact) mass is 404 g/mol. The summed E-state index contributed by atoms with van der Waals surface area (Å²) in [5, 5.41) is 6.32. The third-order valence-corrected chi connectivity index (χ3v) is 5.18. The molecule has 3 rings (SSSR count). The minimum Gasteiger partial charge on any atom is -0.352 e. The first kappa shape index (κ1) is 21.3. The lowest BCUT2D eigenvalue weighted by Gasteiger charge is -2.24. The summed E-state index contributed by atoms with van der Waals surface area (Å²) in [6, 6.07) is 0.435.